The molecule has 1 aromatic rings. The molecule has 0 aliphatic carbocycles. The standard InChI is InChI=1S/C20H36N6OS.HI/c1-4-21-19(22-16-20(28-5-2)8-11-27-12-9-20)24-17-7-6-10-26(14-17)18-13-23-25(3)15-18;/h13,15,17H,4-12,14,16H2,1-3H3,(H2,21,22,24);1H. The van der Waals surface area contributed by atoms with E-state index in [0.29, 0.717) is 6.04 Å². The van der Waals surface area contributed by atoms with Crippen molar-refractivity contribution in [2.24, 2.45) is 12.0 Å². The number of rotatable bonds is 7. The molecule has 2 aliphatic heterocycles. The monoisotopic (exact) mass is 536 g/mol. The number of halogens is 1. The first-order valence-electron chi connectivity index (χ1n) is 10.6. The van der Waals surface area contributed by atoms with E-state index in [-0.39, 0.29) is 28.7 Å². The zero-order chi connectivity index (χ0) is 19.8. The Hall–Kier alpha value is -0.680. The maximum Gasteiger partial charge on any atom is 0.191 e. The van der Waals surface area contributed by atoms with Crippen LogP contribution < -0.4 is 15.5 Å². The van der Waals surface area contributed by atoms with E-state index in [1.807, 2.05) is 29.7 Å². The summed E-state index contributed by atoms with van der Waals surface area (Å²) in [5.74, 6) is 2.07. The minimum Gasteiger partial charge on any atom is -0.381 e. The molecule has 2 fully saturated rings. The number of aliphatic imine (C=N–C) groups is 1. The molecule has 0 spiro atoms. The number of ether oxygens (including phenoxy) is 1. The molecule has 1 atom stereocenters. The Morgan fingerprint density at radius 2 is 2.17 bits per heavy atom. The molecule has 0 radical (unpaired) electrons. The van der Waals surface area contributed by atoms with Gasteiger partial charge in [-0.05, 0) is 38.4 Å². The highest BCUT2D eigenvalue weighted by Crippen LogP contribution is 2.35. The summed E-state index contributed by atoms with van der Waals surface area (Å²) >= 11 is 2.05. The van der Waals surface area contributed by atoms with Gasteiger partial charge in [0.25, 0.3) is 0 Å². The van der Waals surface area contributed by atoms with Gasteiger partial charge in [-0.3, -0.25) is 9.67 Å². The molecule has 1 aromatic heterocycles. The molecular weight excluding hydrogens is 499 g/mol. The average Bonchev–Trinajstić information content (AvgIpc) is 3.14. The van der Waals surface area contributed by atoms with Gasteiger partial charge in [0.1, 0.15) is 0 Å². The van der Waals surface area contributed by atoms with Gasteiger partial charge in [0, 0.05) is 56.9 Å². The smallest absolute Gasteiger partial charge is 0.191 e. The van der Waals surface area contributed by atoms with Crippen molar-refractivity contribution in [1.82, 2.24) is 20.4 Å². The largest absolute Gasteiger partial charge is 0.381 e. The van der Waals surface area contributed by atoms with Crippen molar-refractivity contribution < 1.29 is 4.74 Å². The number of guanidine groups is 1. The number of piperidine rings is 1. The van der Waals surface area contributed by atoms with Crippen LogP contribution in [0.25, 0.3) is 0 Å². The van der Waals surface area contributed by atoms with E-state index in [2.05, 4.69) is 40.7 Å². The van der Waals surface area contributed by atoms with Crippen LogP contribution >= 0.6 is 35.7 Å². The molecule has 3 rings (SSSR count). The highest BCUT2D eigenvalue weighted by atomic mass is 127. The molecule has 2 N–H and O–H groups in total. The van der Waals surface area contributed by atoms with Crippen LogP contribution in [0.2, 0.25) is 0 Å². The van der Waals surface area contributed by atoms with Crippen molar-refractivity contribution >= 4 is 47.4 Å². The maximum atomic E-state index is 5.60. The Bertz CT molecular complexity index is 629. The molecule has 0 aromatic carbocycles. The second-order valence-corrected chi connectivity index (χ2v) is 9.46. The van der Waals surface area contributed by atoms with E-state index in [1.54, 1.807) is 0 Å². The first kappa shape index (κ1) is 24.6. The van der Waals surface area contributed by atoms with Crippen LogP contribution in [-0.2, 0) is 11.8 Å². The SMILES string of the molecule is CCNC(=NCC1(SCC)CCOCC1)NC1CCCN(c2cnn(C)c2)C1.I. The minimum atomic E-state index is 0. The number of hydrogen-bond acceptors (Lipinski definition) is 5. The second kappa shape index (κ2) is 12.2. The molecule has 1 unspecified atom stereocenters. The minimum absolute atomic E-state index is 0. The number of anilines is 1. The Morgan fingerprint density at radius 1 is 1.38 bits per heavy atom. The van der Waals surface area contributed by atoms with Gasteiger partial charge in [0.15, 0.2) is 5.96 Å². The summed E-state index contributed by atoms with van der Waals surface area (Å²) in [4.78, 5) is 7.43. The molecule has 7 nitrogen and oxygen atoms in total. The van der Waals surface area contributed by atoms with Crippen LogP contribution in [-0.4, -0.2) is 71.7 Å². The van der Waals surface area contributed by atoms with E-state index >= 15 is 0 Å². The first-order valence-corrected chi connectivity index (χ1v) is 11.6. The van der Waals surface area contributed by atoms with E-state index in [0.717, 1.165) is 63.9 Å². The summed E-state index contributed by atoms with van der Waals surface area (Å²) in [7, 11) is 1.97. The highest BCUT2D eigenvalue weighted by Gasteiger charge is 2.32. The first-order chi connectivity index (χ1) is 13.6. The van der Waals surface area contributed by atoms with Gasteiger partial charge in [-0.25, -0.2) is 0 Å². The molecule has 166 valence electrons. The van der Waals surface area contributed by atoms with Gasteiger partial charge in [-0.15, -0.1) is 24.0 Å². The molecule has 3 heterocycles. The lowest BCUT2D eigenvalue weighted by Gasteiger charge is -2.36. The van der Waals surface area contributed by atoms with Crippen LogP contribution in [0.3, 0.4) is 0 Å². The lowest BCUT2D eigenvalue weighted by molar-refractivity contribution is 0.0793. The molecule has 9 heteroatoms. The molecular formula is C20H37IN6OS. The zero-order valence-electron chi connectivity index (χ0n) is 18.0. The van der Waals surface area contributed by atoms with Crippen LogP contribution in [0, 0.1) is 0 Å². The van der Waals surface area contributed by atoms with Crippen LogP contribution in [0.15, 0.2) is 17.4 Å². The normalized spacial score (nSPS) is 22.1. The average molecular weight is 537 g/mol. The lowest BCUT2D eigenvalue weighted by atomic mass is 9.99. The van der Waals surface area contributed by atoms with Gasteiger partial charge in [0.05, 0.1) is 18.4 Å². The van der Waals surface area contributed by atoms with Crippen molar-refractivity contribution in [2.75, 3.05) is 50.0 Å². The van der Waals surface area contributed by atoms with E-state index in [9.17, 15) is 0 Å². The Morgan fingerprint density at radius 3 is 2.83 bits per heavy atom. The van der Waals surface area contributed by atoms with Crippen LogP contribution in [0.1, 0.15) is 39.5 Å². The molecule has 0 bridgehead atoms. The van der Waals surface area contributed by atoms with Crippen molar-refractivity contribution in [1.29, 1.82) is 0 Å². The topological polar surface area (TPSA) is 66.7 Å². The number of aryl methyl sites for hydroxylation is 1. The lowest BCUT2D eigenvalue weighted by Crippen LogP contribution is -2.51. The summed E-state index contributed by atoms with van der Waals surface area (Å²) < 4.78 is 7.69. The number of aromatic nitrogens is 2. The van der Waals surface area contributed by atoms with Crippen LogP contribution in [0.5, 0.6) is 0 Å². The van der Waals surface area contributed by atoms with Crippen LogP contribution in [0.4, 0.5) is 5.69 Å². The zero-order valence-corrected chi connectivity index (χ0v) is 21.2. The number of nitrogens with one attached hydrogen (secondary N) is 2. The molecule has 0 saturated carbocycles. The predicted octanol–water partition coefficient (Wildman–Crippen LogP) is 2.86. The molecule has 0 amide bonds. The van der Waals surface area contributed by atoms with Gasteiger partial charge >= 0.3 is 0 Å². The Balaban J connectivity index is 0.00000300. The van der Waals surface area contributed by atoms with Gasteiger partial charge in [0.2, 0.25) is 0 Å². The fourth-order valence-electron chi connectivity index (χ4n) is 4.04. The Kier molecular flexibility index (Phi) is 10.4. The quantitative estimate of drug-likeness (QED) is 0.318. The fraction of sp³-hybridized carbons (Fsp3) is 0.800. The predicted molar refractivity (Wildman–Crippen MR) is 134 cm³/mol. The number of nitrogens with zero attached hydrogens (tertiary/aromatic N) is 4. The summed E-state index contributed by atoms with van der Waals surface area (Å²) in [6.45, 7) is 9.89. The highest BCUT2D eigenvalue weighted by molar-refractivity contribution is 14.0. The van der Waals surface area contributed by atoms with Crippen molar-refractivity contribution in [2.45, 2.75) is 50.3 Å². The summed E-state index contributed by atoms with van der Waals surface area (Å²) in [6, 6.07) is 0.399. The number of thioether (sulfide) groups is 1. The third-order valence-electron chi connectivity index (χ3n) is 5.54. The number of hydrogen-bond donors (Lipinski definition) is 2. The van der Waals surface area contributed by atoms with E-state index < -0.39 is 0 Å². The second-order valence-electron chi connectivity index (χ2n) is 7.73. The third kappa shape index (κ3) is 7.20. The summed E-state index contributed by atoms with van der Waals surface area (Å²) in [5, 5.41) is 11.5. The third-order valence-corrected chi connectivity index (χ3v) is 6.98. The summed E-state index contributed by atoms with van der Waals surface area (Å²) in [5.41, 5.74) is 1.21. The van der Waals surface area contributed by atoms with Crippen molar-refractivity contribution in [3.05, 3.63) is 12.4 Å². The van der Waals surface area contributed by atoms with Gasteiger partial charge in [-0.1, -0.05) is 6.92 Å². The summed E-state index contributed by atoms with van der Waals surface area (Å²) in [6.07, 6.45) is 8.58. The fourth-order valence-corrected chi connectivity index (χ4v) is 5.26. The Labute approximate surface area is 196 Å². The van der Waals surface area contributed by atoms with Crippen molar-refractivity contribution in [3.8, 4) is 0 Å². The van der Waals surface area contributed by atoms with E-state index in [1.165, 1.54) is 18.5 Å². The van der Waals surface area contributed by atoms with Gasteiger partial charge in [-0.2, -0.15) is 16.9 Å². The molecule has 2 aliphatic rings. The van der Waals surface area contributed by atoms with Gasteiger partial charge < -0.3 is 20.3 Å². The molecule has 29 heavy (non-hydrogen) atoms. The molecule has 2 saturated heterocycles. The maximum absolute atomic E-state index is 5.60. The van der Waals surface area contributed by atoms with Crippen molar-refractivity contribution in [3.63, 3.8) is 0 Å². The van der Waals surface area contributed by atoms with E-state index in [4.69, 9.17) is 9.73 Å².